The fourth-order valence-corrected chi connectivity index (χ4v) is 2.53. The Kier molecular flexibility index (Phi) is 5.69. The Morgan fingerprint density at radius 2 is 2.05 bits per heavy atom. The molecule has 0 aromatic carbocycles. The number of rotatable bonds is 6. The van der Waals surface area contributed by atoms with E-state index in [9.17, 15) is 4.79 Å². The smallest absolute Gasteiger partial charge is 0.268 e. The molecule has 1 aromatic heterocycles. The number of unbranched alkanes of at least 4 members (excludes halogenated alkanes) is 1. The summed E-state index contributed by atoms with van der Waals surface area (Å²) in [6.07, 6.45) is 4.27. The second kappa shape index (κ2) is 7.51. The van der Waals surface area contributed by atoms with Crippen LogP contribution in [0.5, 0.6) is 0 Å². The van der Waals surface area contributed by atoms with Crippen LogP contribution >= 0.6 is 12.2 Å². The number of hydrogen-bond donors (Lipinski definition) is 1. The third-order valence-corrected chi connectivity index (χ3v) is 3.97. The van der Waals surface area contributed by atoms with E-state index in [0.717, 1.165) is 51.1 Å². The molecule has 6 nitrogen and oxygen atoms in total. The maximum Gasteiger partial charge on any atom is 0.268 e. The molecule has 1 saturated heterocycles. The van der Waals surface area contributed by atoms with Crippen LogP contribution in [0.2, 0.25) is 0 Å². The second-order valence-corrected chi connectivity index (χ2v) is 6.01. The molecule has 0 atom stereocenters. The summed E-state index contributed by atoms with van der Waals surface area (Å²) in [5, 5.41) is 4.27. The normalized spacial score (nSPS) is 16.1. The van der Waals surface area contributed by atoms with Crippen LogP contribution in [-0.4, -0.2) is 52.9 Å². The molecular weight excluding hydrogens is 286 g/mol. The number of nitrogens with two attached hydrogens (primary N) is 1. The van der Waals surface area contributed by atoms with E-state index in [4.69, 9.17) is 18.0 Å². The van der Waals surface area contributed by atoms with Crippen molar-refractivity contribution < 1.29 is 0 Å². The summed E-state index contributed by atoms with van der Waals surface area (Å²) < 4.78 is 1.51. The molecule has 2 rings (SSSR count). The maximum absolute atomic E-state index is 12.1. The summed E-state index contributed by atoms with van der Waals surface area (Å²) in [5.74, 6) is 0. The standard InChI is InChI=1S/C14H23N5OS/c1-17-6-8-18(9-7-17)12-10-14(20)19(16-11-12)5-3-2-4-13(15)21/h10-11H,2-9H2,1H3,(H2,15,21). The van der Waals surface area contributed by atoms with E-state index < -0.39 is 0 Å². The van der Waals surface area contributed by atoms with Crippen LogP contribution in [0.15, 0.2) is 17.1 Å². The lowest BCUT2D eigenvalue weighted by atomic mass is 10.2. The van der Waals surface area contributed by atoms with Gasteiger partial charge in [-0.15, -0.1) is 0 Å². The van der Waals surface area contributed by atoms with Crippen molar-refractivity contribution in [2.75, 3.05) is 38.1 Å². The lowest BCUT2D eigenvalue weighted by Gasteiger charge is -2.33. The first-order chi connectivity index (χ1) is 10.1. The van der Waals surface area contributed by atoms with E-state index >= 15 is 0 Å². The molecule has 1 aromatic rings. The van der Waals surface area contributed by atoms with Crippen molar-refractivity contribution in [1.82, 2.24) is 14.7 Å². The van der Waals surface area contributed by atoms with Crippen molar-refractivity contribution in [3.05, 3.63) is 22.6 Å². The Balaban J connectivity index is 1.91. The highest BCUT2D eigenvalue weighted by Crippen LogP contribution is 2.12. The SMILES string of the molecule is CN1CCN(c2cnn(CCCCC(N)=S)c(=O)c2)CC1. The summed E-state index contributed by atoms with van der Waals surface area (Å²) in [4.78, 5) is 17.1. The molecule has 0 spiro atoms. The third-order valence-electron chi connectivity index (χ3n) is 3.77. The number of likely N-dealkylation sites (N-methyl/N-ethyl adjacent to an activating group) is 1. The predicted octanol–water partition coefficient (Wildman–Crippen LogP) is 0.452. The number of aryl methyl sites for hydroxylation is 1. The molecule has 0 saturated carbocycles. The number of hydrogen-bond acceptors (Lipinski definition) is 5. The number of anilines is 1. The molecular formula is C14H23N5OS. The number of piperazine rings is 1. The average Bonchev–Trinajstić information content (AvgIpc) is 2.45. The van der Waals surface area contributed by atoms with E-state index in [1.807, 2.05) is 0 Å². The quantitative estimate of drug-likeness (QED) is 0.608. The Labute approximate surface area is 130 Å². The molecule has 1 fully saturated rings. The van der Waals surface area contributed by atoms with Gasteiger partial charge in [0.2, 0.25) is 0 Å². The summed E-state index contributed by atoms with van der Waals surface area (Å²) in [5.41, 5.74) is 6.34. The average molecular weight is 309 g/mol. The van der Waals surface area contributed by atoms with E-state index in [2.05, 4.69) is 21.9 Å². The molecule has 0 amide bonds. The molecule has 7 heteroatoms. The van der Waals surface area contributed by atoms with Crippen LogP contribution in [-0.2, 0) is 6.54 Å². The van der Waals surface area contributed by atoms with E-state index in [0.29, 0.717) is 11.5 Å². The number of aromatic nitrogens is 2. The molecule has 0 radical (unpaired) electrons. The topological polar surface area (TPSA) is 67.4 Å². The van der Waals surface area contributed by atoms with Crippen molar-refractivity contribution in [3.63, 3.8) is 0 Å². The van der Waals surface area contributed by atoms with Crippen LogP contribution in [0, 0.1) is 0 Å². The van der Waals surface area contributed by atoms with Gasteiger partial charge in [-0.3, -0.25) is 4.79 Å². The first-order valence-electron chi connectivity index (χ1n) is 7.35. The fraction of sp³-hybridized carbons (Fsp3) is 0.643. The van der Waals surface area contributed by atoms with Gasteiger partial charge in [0.25, 0.3) is 5.56 Å². The van der Waals surface area contributed by atoms with E-state index in [1.54, 1.807) is 12.3 Å². The zero-order chi connectivity index (χ0) is 15.2. The highest BCUT2D eigenvalue weighted by Gasteiger charge is 2.15. The van der Waals surface area contributed by atoms with Gasteiger partial charge in [0.05, 0.1) is 16.9 Å². The summed E-state index contributed by atoms with van der Waals surface area (Å²) in [7, 11) is 2.11. The minimum absolute atomic E-state index is 0.0400. The Morgan fingerprint density at radius 1 is 1.33 bits per heavy atom. The van der Waals surface area contributed by atoms with Crippen LogP contribution in [0.1, 0.15) is 19.3 Å². The van der Waals surface area contributed by atoms with E-state index in [-0.39, 0.29) is 5.56 Å². The van der Waals surface area contributed by atoms with Crippen molar-refractivity contribution in [2.24, 2.45) is 5.73 Å². The van der Waals surface area contributed by atoms with Gasteiger partial charge in [-0.05, 0) is 26.3 Å². The molecule has 0 bridgehead atoms. The summed E-state index contributed by atoms with van der Waals surface area (Å²) in [6.45, 7) is 4.53. The molecule has 116 valence electrons. The molecule has 1 aliphatic rings. The molecule has 0 aliphatic carbocycles. The monoisotopic (exact) mass is 309 g/mol. The Morgan fingerprint density at radius 3 is 2.67 bits per heavy atom. The molecule has 1 aliphatic heterocycles. The highest BCUT2D eigenvalue weighted by molar-refractivity contribution is 7.80. The fourth-order valence-electron chi connectivity index (χ4n) is 2.39. The Hall–Kier alpha value is -1.47. The minimum Gasteiger partial charge on any atom is -0.393 e. The van der Waals surface area contributed by atoms with Crippen LogP contribution in [0.3, 0.4) is 0 Å². The van der Waals surface area contributed by atoms with Gasteiger partial charge in [-0.1, -0.05) is 12.2 Å². The number of nitrogens with zero attached hydrogens (tertiary/aromatic N) is 4. The van der Waals surface area contributed by atoms with Crippen LogP contribution < -0.4 is 16.2 Å². The zero-order valence-electron chi connectivity index (χ0n) is 12.5. The molecule has 0 unspecified atom stereocenters. The largest absolute Gasteiger partial charge is 0.393 e. The zero-order valence-corrected chi connectivity index (χ0v) is 13.3. The van der Waals surface area contributed by atoms with Gasteiger partial charge in [0.15, 0.2) is 0 Å². The maximum atomic E-state index is 12.1. The minimum atomic E-state index is -0.0400. The summed E-state index contributed by atoms with van der Waals surface area (Å²) >= 11 is 4.83. The van der Waals surface area contributed by atoms with Gasteiger partial charge in [0, 0.05) is 38.8 Å². The van der Waals surface area contributed by atoms with Gasteiger partial charge in [0.1, 0.15) is 0 Å². The lowest BCUT2D eigenvalue weighted by molar-refractivity contribution is 0.312. The molecule has 2 N–H and O–H groups in total. The van der Waals surface area contributed by atoms with Crippen LogP contribution in [0.25, 0.3) is 0 Å². The first kappa shape index (κ1) is 15.9. The summed E-state index contributed by atoms with van der Waals surface area (Å²) in [6, 6.07) is 1.69. The molecule has 2 heterocycles. The number of thiocarbonyl (C=S) groups is 1. The van der Waals surface area contributed by atoms with Gasteiger partial charge in [-0.2, -0.15) is 5.10 Å². The highest BCUT2D eigenvalue weighted by atomic mass is 32.1. The molecule has 21 heavy (non-hydrogen) atoms. The van der Waals surface area contributed by atoms with E-state index in [1.165, 1.54) is 4.68 Å². The Bertz CT molecular complexity index is 536. The van der Waals surface area contributed by atoms with Crippen molar-refractivity contribution in [3.8, 4) is 0 Å². The van der Waals surface area contributed by atoms with Crippen molar-refractivity contribution >= 4 is 22.9 Å². The van der Waals surface area contributed by atoms with Crippen LogP contribution in [0.4, 0.5) is 5.69 Å². The second-order valence-electron chi connectivity index (χ2n) is 5.49. The third kappa shape index (κ3) is 4.78. The predicted molar refractivity (Wildman–Crippen MR) is 88.8 cm³/mol. The van der Waals surface area contributed by atoms with Gasteiger partial charge in [-0.25, -0.2) is 4.68 Å². The van der Waals surface area contributed by atoms with Crippen molar-refractivity contribution in [1.29, 1.82) is 0 Å². The van der Waals surface area contributed by atoms with Crippen molar-refractivity contribution in [2.45, 2.75) is 25.8 Å². The van der Waals surface area contributed by atoms with Gasteiger partial charge >= 0.3 is 0 Å². The first-order valence-corrected chi connectivity index (χ1v) is 7.76. The van der Waals surface area contributed by atoms with Gasteiger partial charge < -0.3 is 15.5 Å². The lowest BCUT2D eigenvalue weighted by Crippen LogP contribution is -2.45.